The molecule has 0 aromatic carbocycles. The number of hydrogen-bond donors (Lipinski definition) is 1. The van der Waals surface area contributed by atoms with E-state index in [-0.39, 0.29) is 6.61 Å². The lowest BCUT2D eigenvalue weighted by Gasteiger charge is -2.20. The van der Waals surface area contributed by atoms with Gasteiger partial charge in [-0.05, 0) is 19.5 Å². The van der Waals surface area contributed by atoms with Gasteiger partial charge >= 0.3 is 0 Å². The molecule has 0 aromatic heterocycles. The third kappa shape index (κ3) is 5.18. The SMILES string of the molecule is OCCN1CCCN(CC(Cl)=CCl)CC1. The summed E-state index contributed by atoms with van der Waals surface area (Å²) < 4.78 is 0. The van der Waals surface area contributed by atoms with Gasteiger partial charge in [0, 0.05) is 36.7 Å². The average Bonchev–Trinajstić information content (AvgIpc) is 2.45. The highest BCUT2D eigenvalue weighted by atomic mass is 35.5. The number of rotatable bonds is 4. The molecular formula is C10H18Cl2N2O. The summed E-state index contributed by atoms with van der Waals surface area (Å²) in [5.74, 6) is 0. The number of nitrogens with zero attached hydrogens (tertiary/aromatic N) is 2. The van der Waals surface area contributed by atoms with E-state index in [0.717, 1.165) is 45.7 Å². The van der Waals surface area contributed by atoms with E-state index in [0.29, 0.717) is 5.03 Å². The zero-order chi connectivity index (χ0) is 11.1. The largest absolute Gasteiger partial charge is 0.395 e. The van der Waals surface area contributed by atoms with Gasteiger partial charge in [0.05, 0.1) is 6.61 Å². The molecule has 0 aromatic rings. The van der Waals surface area contributed by atoms with Crippen LogP contribution in [0.15, 0.2) is 10.6 Å². The van der Waals surface area contributed by atoms with Crippen molar-refractivity contribution in [3.05, 3.63) is 10.6 Å². The Kier molecular flexibility index (Phi) is 6.61. The molecule has 1 fully saturated rings. The topological polar surface area (TPSA) is 26.7 Å². The maximum absolute atomic E-state index is 8.86. The van der Waals surface area contributed by atoms with Crippen LogP contribution in [0.5, 0.6) is 0 Å². The second kappa shape index (κ2) is 7.47. The molecule has 1 N–H and O–H groups in total. The van der Waals surface area contributed by atoms with E-state index in [1.807, 2.05) is 0 Å². The predicted molar refractivity (Wildman–Crippen MR) is 64.4 cm³/mol. The van der Waals surface area contributed by atoms with Crippen molar-refractivity contribution in [3.63, 3.8) is 0 Å². The van der Waals surface area contributed by atoms with E-state index < -0.39 is 0 Å². The molecule has 1 aliphatic heterocycles. The molecular weight excluding hydrogens is 235 g/mol. The van der Waals surface area contributed by atoms with Crippen LogP contribution in [0.1, 0.15) is 6.42 Å². The molecule has 0 saturated carbocycles. The Morgan fingerprint density at radius 3 is 2.53 bits per heavy atom. The fraction of sp³-hybridized carbons (Fsp3) is 0.800. The van der Waals surface area contributed by atoms with Crippen LogP contribution in [-0.4, -0.2) is 60.8 Å². The van der Waals surface area contributed by atoms with Crippen molar-refractivity contribution in [1.82, 2.24) is 9.80 Å². The summed E-state index contributed by atoms with van der Waals surface area (Å²) in [6.45, 7) is 5.82. The van der Waals surface area contributed by atoms with Gasteiger partial charge in [-0.15, -0.1) is 0 Å². The summed E-state index contributed by atoms with van der Waals surface area (Å²) in [5, 5.41) is 9.54. The first-order chi connectivity index (χ1) is 7.26. The molecule has 1 aliphatic rings. The summed E-state index contributed by atoms with van der Waals surface area (Å²) in [6.07, 6.45) is 1.12. The predicted octanol–water partition coefficient (Wildman–Crippen LogP) is 1.31. The van der Waals surface area contributed by atoms with Gasteiger partial charge in [0.15, 0.2) is 0 Å². The van der Waals surface area contributed by atoms with Crippen LogP contribution >= 0.6 is 23.2 Å². The van der Waals surface area contributed by atoms with Crippen molar-refractivity contribution in [2.75, 3.05) is 45.9 Å². The molecule has 0 radical (unpaired) electrons. The summed E-state index contributed by atoms with van der Waals surface area (Å²) in [7, 11) is 0. The Bertz CT molecular complexity index is 212. The molecule has 0 amide bonds. The minimum Gasteiger partial charge on any atom is -0.395 e. The average molecular weight is 253 g/mol. The molecule has 5 heteroatoms. The van der Waals surface area contributed by atoms with E-state index in [1.54, 1.807) is 0 Å². The Morgan fingerprint density at radius 1 is 1.20 bits per heavy atom. The zero-order valence-electron chi connectivity index (χ0n) is 8.83. The Labute approximate surface area is 101 Å². The lowest BCUT2D eigenvalue weighted by Crippen LogP contribution is -2.32. The number of aliphatic hydroxyl groups is 1. The number of hydrogen-bond acceptors (Lipinski definition) is 3. The smallest absolute Gasteiger partial charge is 0.0558 e. The first kappa shape index (κ1) is 13.3. The van der Waals surface area contributed by atoms with Crippen LogP contribution in [0.3, 0.4) is 0 Å². The minimum atomic E-state index is 0.238. The maximum atomic E-state index is 8.86. The Balaban J connectivity index is 2.32. The Hall–Kier alpha value is 0.200. The first-order valence-electron chi connectivity index (χ1n) is 5.26. The summed E-state index contributed by atoms with van der Waals surface area (Å²) in [6, 6.07) is 0. The molecule has 3 nitrogen and oxygen atoms in total. The van der Waals surface area contributed by atoms with Gasteiger partial charge in [0.1, 0.15) is 0 Å². The lowest BCUT2D eigenvalue weighted by atomic mass is 10.4. The molecule has 0 unspecified atom stereocenters. The second-order valence-corrected chi connectivity index (χ2v) is 4.45. The number of halogens is 2. The highest BCUT2D eigenvalue weighted by Gasteiger charge is 2.14. The van der Waals surface area contributed by atoms with Crippen LogP contribution in [0.2, 0.25) is 0 Å². The molecule has 1 heterocycles. The van der Waals surface area contributed by atoms with Crippen LogP contribution in [0.25, 0.3) is 0 Å². The first-order valence-corrected chi connectivity index (χ1v) is 6.08. The Morgan fingerprint density at radius 2 is 1.87 bits per heavy atom. The summed E-state index contributed by atoms with van der Waals surface area (Å²) in [4.78, 5) is 4.57. The van der Waals surface area contributed by atoms with Gasteiger partial charge in [-0.25, -0.2) is 0 Å². The molecule has 1 saturated heterocycles. The van der Waals surface area contributed by atoms with E-state index >= 15 is 0 Å². The molecule has 1 rings (SSSR count). The molecule has 88 valence electrons. The van der Waals surface area contributed by atoms with Gasteiger partial charge < -0.3 is 5.11 Å². The van der Waals surface area contributed by atoms with Gasteiger partial charge in [0.25, 0.3) is 0 Å². The molecule has 0 atom stereocenters. The quantitative estimate of drug-likeness (QED) is 0.818. The van der Waals surface area contributed by atoms with Crippen molar-refractivity contribution < 1.29 is 5.11 Å². The highest BCUT2D eigenvalue weighted by Crippen LogP contribution is 2.09. The van der Waals surface area contributed by atoms with Crippen molar-refractivity contribution in [2.24, 2.45) is 0 Å². The molecule has 0 aliphatic carbocycles. The van der Waals surface area contributed by atoms with Crippen molar-refractivity contribution in [3.8, 4) is 0 Å². The van der Waals surface area contributed by atoms with E-state index in [4.69, 9.17) is 28.3 Å². The third-order valence-electron chi connectivity index (χ3n) is 2.59. The standard InChI is InChI=1S/C10H18Cl2N2O/c11-8-10(12)9-14-3-1-2-13(4-5-14)6-7-15/h8,15H,1-7,9H2. The fourth-order valence-electron chi connectivity index (χ4n) is 1.80. The van der Waals surface area contributed by atoms with E-state index in [1.165, 1.54) is 5.54 Å². The van der Waals surface area contributed by atoms with E-state index in [9.17, 15) is 0 Å². The zero-order valence-corrected chi connectivity index (χ0v) is 10.3. The summed E-state index contributed by atoms with van der Waals surface area (Å²) in [5.41, 5.74) is 1.43. The van der Waals surface area contributed by atoms with Crippen LogP contribution in [0, 0.1) is 0 Å². The normalized spacial score (nSPS) is 21.7. The summed E-state index contributed by atoms with van der Waals surface area (Å²) >= 11 is 11.4. The van der Waals surface area contributed by atoms with Gasteiger partial charge in [0.2, 0.25) is 0 Å². The fourth-order valence-corrected chi connectivity index (χ4v) is 2.03. The highest BCUT2D eigenvalue weighted by molar-refractivity contribution is 6.36. The van der Waals surface area contributed by atoms with Crippen LogP contribution in [0.4, 0.5) is 0 Å². The molecule has 0 spiro atoms. The van der Waals surface area contributed by atoms with Crippen LogP contribution < -0.4 is 0 Å². The minimum absolute atomic E-state index is 0.238. The second-order valence-electron chi connectivity index (χ2n) is 3.75. The van der Waals surface area contributed by atoms with E-state index in [2.05, 4.69) is 9.80 Å². The third-order valence-corrected chi connectivity index (χ3v) is 3.19. The van der Waals surface area contributed by atoms with Gasteiger partial charge in [-0.3, -0.25) is 9.80 Å². The molecule has 0 bridgehead atoms. The van der Waals surface area contributed by atoms with Gasteiger partial charge in [-0.1, -0.05) is 23.2 Å². The van der Waals surface area contributed by atoms with Crippen molar-refractivity contribution >= 4 is 23.2 Å². The van der Waals surface area contributed by atoms with Gasteiger partial charge in [-0.2, -0.15) is 0 Å². The number of β-amino-alcohol motifs (C(OH)–C–C–N with tert-alkyl or cyclic N) is 1. The molecule has 15 heavy (non-hydrogen) atoms. The van der Waals surface area contributed by atoms with Crippen LogP contribution in [-0.2, 0) is 0 Å². The maximum Gasteiger partial charge on any atom is 0.0558 e. The monoisotopic (exact) mass is 252 g/mol. The van der Waals surface area contributed by atoms with Crippen molar-refractivity contribution in [2.45, 2.75) is 6.42 Å². The lowest BCUT2D eigenvalue weighted by molar-refractivity contribution is 0.198. The van der Waals surface area contributed by atoms with Crippen molar-refractivity contribution in [1.29, 1.82) is 0 Å². The number of aliphatic hydroxyl groups excluding tert-OH is 1.